The molecule has 0 saturated heterocycles. The molecule has 1 atom stereocenters. The molecule has 17 heavy (non-hydrogen) atoms. The minimum Gasteiger partial charge on any atom is -0.382 e. The topological polar surface area (TPSA) is 50.8 Å². The van der Waals surface area contributed by atoms with Crippen LogP contribution in [0.5, 0.6) is 0 Å². The van der Waals surface area contributed by atoms with Crippen molar-refractivity contribution in [1.82, 2.24) is 10.2 Å². The number of hydrogen-bond donors (Lipinski definition) is 1. The lowest BCUT2D eigenvalue weighted by molar-refractivity contribution is -0.131. The van der Waals surface area contributed by atoms with E-state index < -0.39 is 0 Å². The van der Waals surface area contributed by atoms with Crippen LogP contribution >= 0.6 is 0 Å². The zero-order valence-electron chi connectivity index (χ0n) is 11.5. The van der Waals surface area contributed by atoms with Gasteiger partial charge in [-0.3, -0.25) is 4.79 Å². The molecule has 0 saturated carbocycles. The Hall–Kier alpha value is -0.650. The summed E-state index contributed by atoms with van der Waals surface area (Å²) in [6.07, 6.45) is 0.900. The third kappa shape index (κ3) is 8.12. The van der Waals surface area contributed by atoms with Crippen LogP contribution in [0.15, 0.2) is 0 Å². The number of hydrogen-bond acceptors (Lipinski definition) is 4. The average Bonchev–Trinajstić information content (AvgIpc) is 2.35. The summed E-state index contributed by atoms with van der Waals surface area (Å²) >= 11 is 0. The number of nitrogens with zero attached hydrogens (tertiary/aromatic N) is 1. The van der Waals surface area contributed by atoms with Crippen molar-refractivity contribution >= 4 is 5.91 Å². The van der Waals surface area contributed by atoms with Crippen LogP contribution < -0.4 is 5.32 Å². The van der Waals surface area contributed by atoms with Crippen molar-refractivity contribution in [2.75, 3.05) is 47.1 Å². The number of methoxy groups -OCH3 is 1. The first kappa shape index (κ1) is 16.4. The maximum Gasteiger partial charge on any atom is 0.239 e. The zero-order valence-corrected chi connectivity index (χ0v) is 11.5. The Bertz CT molecular complexity index is 200. The van der Waals surface area contributed by atoms with E-state index in [0.717, 1.165) is 19.5 Å². The Labute approximate surface area is 104 Å². The smallest absolute Gasteiger partial charge is 0.239 e. The minimum atomic E-state index is -0.126. The van der Waals surface area contributed by atoms with Crippen molar-refractivity contribution < 1.29 is 14.3 Å². The normalized spacial score (nSPS) is 12.5. The van der Waals surface area contributed by atoms with Crippen molar-refractivity contribution in [3.8, 4) is 0 Å². The van der Waals surface area contributed by atoms with E-state index in [2.05, 4.69) is 5.32 Å². The van der Waals surface area contributed by atoms with Gasteiger partial charge in [0.1, 0.15) is 0 Å². The lowest BCUT2D eigenvalue weighted by Crippen LogP contribution is -2.43. The molecule has 0 aliphatic heterocycles. The predicted octanol–water partition coefficient (Wildman–Crippen LogP) is 0.496. The van der Waals surface area contributed by atoms with Crippen molar-refractivity contribution in [2.24, 2.45) is 0 Å². The first-order valence-corrected chi connectivity index (χ1v) is 6.18. The van der Waals surface area contributed by atoms with Gasteiger partial charge in [-0.15, -0.1) is 0 Å². The van der Waals surface area contributed by atoms with Crippen LogP contribution in [0.3, 0.4) is 0 Å². The maximum absolute atomic E-state index is 11.7. The van der Waals surface area contributed by atoms with E-state index in [1.54, 1.807) is 12.0 Å². The van der Waals surface area contributed by atoms with Crippen LogP contribution in [0.2, 0.25) is 0 Å². The Kier molecular flexibility index (Phi) is 10.1. The number of carbonyl (C=O) groups excluding carboxylic acids is 1. The SMILES string of the molecule is CCN(C)C(=O)C(C)NCCCOCCOC. The van der Waals surface area contributed by atoms with Crippen LogP contribution in [-0.4, -0.2) is 63.9 Å². The average molecular weight is 246 g/mol. The molecule has 0 fully saturated rings. The summed E-state index contributed by atoms with van der Waals surface area (Å²) in [7, 11) is 3.47. The molecule has 0 aromatic heterocycles. The molecule has 0 rings (SSSR count). The quantitative estimate of drug-likeness (QED) is 0.570. The monoisotopic (exact) mass is 246 g/mol. The van der Waals surface area contributed by atoms with Crippen LogP contribution in [0, 0.1) is 0 Å². The van der Waals surface area contributed by atoms with E-state index in [1.165, 1.54) is 0 Å². The third-order valence-electron chi connectivity index (χ3n) is 2.57. The van der Waals surface area contributed by atoms with Gasteiger partial charge in [-0.05, 0) is 26.8 Å². The Morgan fingerprint density at radius 1 is 1.35 bits per heavy atom. The summed E-state index contributed by atoms with van der Waals surface area (Å²) in [4.78, 5) is 13.4. The Morgan fingerprint density at radius 2 is 2.06 bits per heavy atom. The molecular weight excluding hydrogens is 220 g/mol. The highest BCUT2D eigenvalue weighted by molar-refractivity contribution is 5.81. The van der Waals surface area contributed by atoms with Crippen LogP contribution in [-0.2, 0) is 14.3 Å². The molecule has 1 amide bonds. The van der Waals surface area contributed by atoms with Gasteiger partial charge in [-0.2, -0.15) is 0 Å². The molecule has 0 radical (unpaired) electrons. The van der Waals surface area contributed by atoms with E-state index in [-0.39, 0.29) is 11.9 Å². The summed E-state index contributed by atoms with van der Waals surface area (Å²) in [5, 5.41) is 3.19. The summed E-state index contributed by atoms with van der Waals surface area (Å²) in [5.41, 5.74) is 0. The van der Waals surface area contributed by atoms with Crippen molar-refractivity contribution in [3.63, 3.8) is 0 Å². The van der Waals surface area contributed by atoms with Crippen LogP contribution in [0.25, 0.3) is 0 Å². The Balaban J connectivity index is 3.44. The first-order valence-electron chi connectivity index (χ1n) is 6.18. The summed E-state index contributed by atoms with van der Waals surface area (Å²) in [5.74, 6) is 0.132. The lowest BCUT2D eigenvalue weighted by Gasteiger charge is -2.20. The fourth-order valence-corrected chi connectivity index (χ4v) is 1.31. The fourth-order valence-electron chi connectivity index (χ4n) is 1.31. The highest BCUT2D eigenvalue weighted by Gasteiger charge is 2.14. The first-order chi connectivity index (χ1) is 8.13. The molecule has 1 unspecified atom stereocenters. The Morgan fingerprint density at radius 3 is 2.65 bits per heavy atom. The van der Waals surface area contributed by atoms with Crippen LogP contribution in [0.4, 0.5) is 0 Å². The standard InChI is InChI=1S/C12H26N2O3/c1-5-14(3)12(15)11(2)13-7-6-8-17-10-9-16-4/h11,13H,5-10H2,1-4H3. The molecule has 102 valence electrons. The molecule has 5 heteroatoms. The molecule has 0 aromatic carbocycles. The minimum absolute atomic E-state index is 0.126. The van der Waals surface area contributed by atoms with Gasteiger partial charge in [0, 0.05) is 27.3 Å². The predicted molar refractivity (Wildman–Crippen MR) is 68.1 cm³/mol. The summed E-state index contributed by atoms with van der Waals surface area (Å²) in [6, 6.07) is -0.126. The number of ether oxygens (including phenoxy) is 2. The molecule has 0 aliphatic carbocycles. The largest absolute Gasteiger partial charge is 0.382 e. The van der Waals surface area contributed by atoms with Crippen molar-refractivity contribution in [2.45, 2.75) is 26.3 Å². The number of carbonyl (C=O) groups is 1. The van der Waals surface area contributed by atoms with E-state index >= 15 is 0 Å². The highest BCUT2D eigenvalue weighted by atomic mass is 16.5. The van der Waals surface area contributed by atoms with Gasteiger partial charge in [0.2, 0.25) is 5.91 Å². The van der Waals surface area contributed by atoms with Gasteiger partial charge in [-0.25, -0.2) is 0 Å². The molecule has 0 aliphatic rings. The lowest BCUT2D eigenvalue weighted by atomic mass is 10.3. The van der Waals surface area contributed by atoms with Gasteiger partial charge in [-0.1, -0.05) is 0 Å². The summed E-state index contributed by atoms with van der Waals surface area (Å²) in [6.45, 7) is 7.34. The molecule has 0 bridgehead atoms. The van der Waals surface area contributed by atoms with E-state index in [4.69, 9.17) is 9.47 Å². The third-order valence-corrected chi connectivity index (χ3v) is 2.57. The van der Waals surface area contributed by atoms with Gasteiger partial charge in [0.25, 0.3) is 0 Å². The number of likely N-dealkylation sites (N-methyl/N-ethyl adjacent to an activating group) is 1. The summed E-state index contributed by atoms with van der Waals surface area (Å²) < 4.78 is 10.2. The molecule has 0 heterocycles. The number of nitrogens with one attached hydrogen (secondary N) is 1. The van der Waals surface area contributed by atoms with E-state index in [9.17, 15) is 4.79 Å². The fraction of sp³-hybridized carbons (Fsp3) is 0.917. The molecule has 5 nitrogen and oxygen atoms in total. The van der Waals surface area contributed by atoms with Gasteiger partial charge < -0.3 is 19.7 Å². The molecule has 1 N–H and O–H groups in total. The van der Waals surface area contributed by atoms with Crippen molar-refractivity contribution in [1.29, 1.82) is 0 Å². The number of rotatable bonds is 10. The van der Waals surface area contributed by atoms with Gasteiger partial charge in [0.05, 0.1) is 19.3 Å². The van der Waals surface area contributed by atoms with Crippen molar-refractivity contribution in [3.05, 3.63) is 0 Å². The second-order valence-corrected chi connectivity index (χ2v) is 3.99. The molecule has 0 aromatic rings. The van der Waals surface area contributed by atoms with Crippen LogP contribution in [0.1, 0.15) is 20.3 Å². The van der Waals surface area contributed by atoms with E-state index in [1.807, 2.05) is 20.9 Å². The number of amides is 1. The maximum atomic E-state index is 11.7. The second-order valence-electron chi connectivity index (χ2n) is 3.99. The second kappa shape index (κ2) is 10.5. The molecule has 0 spiro atoms. The molecular formula is C12H26N2O3. The highest BCUT2D eigenvalue weighted by Crippen LogP contribution is 1.92. The zero-order chi connectivity index (χ0) is 13.1. The van der Waals surface area contributed by atoms with E-state index in [0.29, 0.717) is 19.8 Å². The van der Waals surface area contributed by atoms with Gasteiger partial charge >= 0.3 is 0 Å². The van der Waals surface area contributed by atoms with Gasteiger partial charge in [0.15, 0.2) is 0 Å².